The fraction of sp³-hybridized carbons (Fsp3) is 0.417. The molecule has 0 saturated heterocycles. The predicted octanol–water partition coefficient (Wildman–Crippen LogP) is 2.57. The molecule has 0 unspecified atom stereocenters. The zero-order chi connectivity index (χ0) is 15.6. The summed E-state index contributed by atoms with van der Waals surface area (Å²) >= 11 is 4.68. The SMILES string of the molecule is CSC(C)(C)CNS(=O)(=O)c1cc(C(=O)O)ccc1Br. The zero-order valence-corrected chi connectivity index (χ0v) is 14.5. The van der Waals surface area contributed by atoms with Crippen LogP contribution in [0.4, 0.5) is 0 Å². The van der Waals surface area contributed by atoms with Crippen LogP contribution in [0, 0.1) is 0 Å². The Morgan fingerprint density at radius 2 is 2.05 bits per heavy atom. The highest BCUT2D eigenvalue weighted by Gasteiger charge is 2.24. The molecule has 1 aromatic rings. The lowest BCUT2D eigenvalue weighted by molar-refractivity contribution is 0.0696. The number of sulfonamides is 1. The molecular weight excluding hydrogens is 366 g/mol. The molecule has 0 aromatic heterocycles. The number of aromatic carboxylic acids is 1. The molecule has 8 heteroatoms. The first-order chi connectivity index (χ1) is 9.09. The summed E-state index contributed by atoms with van der Waals surface area (Å²) < 4.78 is 27.1. The molecule has 0 heterocycles. The number of carboxylic acids is 1. The van der Waals surface area contributed by atoms with E-state index < -0.39 is 16.0 Å². The lowest BCUT2D eigenvalue weighted by atomic mass is 10.2. The minimum Gasteiger partial charge on any atom is -0.478 e. The molecule has 1 aromatic carbocycles. The van der Waals surface area contributed by atoms with Crippen molar-refractivity contribution in [2.24, 2.45) is 0 Å². The Morgan fingerprint density at radius 3 is 2.55 bits per heavy atom. The van der Waals surface area contributed by atoms with Crippen LogP contribution in [0.3, 0.4) is 0 Å². The lowest BCUT2D eigenvalue weighted by Crippen LogP contribution is -2.36. The summed E-state index contributed by atoms with van der Waals surface area (Å²) in [5.41, 5.74) is -0.0716. The summed E-state index contributed by atoms with van der Waals surface area (Å²) in [6.07, 6.45) is 1.90. The standard InChI is InChI=1S/C12H16BrNO4S2/c1-12(2,19-3)7-14-20(17,18)10-6-8(11(15)16)4-5-9(10)13/h4-6,14H,7H2,1-3H3,(H,15,16). The van der Waals surface area contributed by atoms with E-state index in [4.69, 9.17) is 5.11 Å². The predicted molar refractivity (Wildman–Crippen MR) is 83.9 cm³/mol. The second-order valence-electron chi connectivity index (χ2n) is 4.74. The number of hydrogen-bond donors (Lipinski definition) is 2. The average Bonchev–Trinajstić information content (AvgIpc) is 2.37. The van der Waals surface area contributed by atoms with E-state index in [1.54, 1.807) is 11.8 Å². The van der Waals surface area contributed by atoms with Gasteiger partial charge in [0.25, 0.3) is 0 Å². The van der Waals surface area contributed by atoms with Crippen LogP contribution in [0.2, 0.25) is 0 Å². The van der Waals surface area contributed by atoms with Crippen molar-refractivity contribution in [3.8, 4) is 0 Å². The van der Waals surface area contributed by atoms with Crippen molar-refractivity contribution in [3.05, 3.63) is 28.2 Å². The fourth-order valence-corrected chi connectivity index (χ4v) is 3.77. The molecule has 0 spiro atoms. The lowest BCUT2D eigenvalue weighted by Gasteiger charge is -2.22. The van der Waals surface area contributed by atoms with Crippen LogP contribution in [0.5, 0.6) is 0 Å². The second-order valence-corrected chi connectivity index (χ2v) is 8.84. The summed E-state index contributed by atoms with van der Waals surface area (Å²) in [4.78, 5) is 10.8. The van der Waals surface area contributed by atoms with E-state index in [2.05, 4.69) is 20.7 Å². The Bertz CT molecular complexity index is 614. The fourth-order valence-electron chi connectivity index (χ4n) is 1.26. The minimum atomic E-state index is -3.76. The molecule has 2 N–H and O–H groups in total. The number of hydrogen-bond acceptors (Lipinski definition) is 4. The molecule has 20 heavy (non-hydrogen) atoms. The first-order valence-corrected chi connectivity index (χ1v) is 9.17. The molecule has 0 saturated carbocycles. The van der Waals surface area contributed by atoms with Gasteiger partial charge in [0.1, 0.15) is 0 Å². The van der Waals surface area contributed by atoms with Gasteiger partial charge < -0.3 is 5.11 Å². The quantitative estimate of drug-likeness (QED) is 0.790. The smallest absolute Gasteiger partial charge is 0.335 e. The Morgan fingerprint density at radius 1 is 1.45 bits per heavy atom. The Labute approximate surface area is 131 Å². The van der Waals surface area contributed by atoms with Crippen LogP contribution in [0.25, 0.3) is 0 Å². The Kier molecular flexibility index (Phi) is 5.65. The molecule has 0 aliphatic rings. The second kappa shape index (κ2) is 6.46. The summed E-state index contributed by atoms with van der Waals surface area (Å²) in [5.74, 6) is -1.17. The number of benzene rings is 1. The largest absolute Gasteiger partial charge is 0.478 e. The number of carboxylic acid groups (broad SMARTS) is 1. The molecular formula is C12H16BrNO4S2. The molecule has 0 aliphatic heterocycles. The number of thioether (sulfide) groups is 1. The van der Waals surface area contributed by atoms with E-state index in [-0.39, 0.29) is 21.8 Å². The van der Waals surface area contributed by atoms with Crippen molar-refractivity contribution in [3.63, 3.8) is 0 Å². The van der Waals surface area contributed by atoms with Gasteiger partial charge >= 0.3 is 5.97 Å². The Hall–Kier alpha value is -0.570. The van der Waals surface area contributed by atoms with E-state index in [0.29, 0.717) is 4.47 Å². The Balaban J connectivity index is 3.09. The van der Waals surface area contributed by atoms with Gasteiger partial charge in [0.05, 0.1) is 10.5 Å². The van der Waals surface area contributed by atoms with Gasteiger partial charge in [-0.15, -0.1) is 0 Å². The van der Waals surface area contributed by atoms with E-state index in [0.717, 1.165) is 6.07 Å². The van der Waals surface area contributed by atoms with Crippen LogP contribution >= 0.6 is 27.7 Å². The van der Waals surface area contributed by atoms with E-state index >= 15 is 0 Å². The van der Waals surface area contributed by atoms with Gasteiger partial charge in [-0.3, -0.25) is 0 Å². The third-order valence-electron chi connectivity index (χ3n) is 2.71. The molecule has 0 bridgehead atoms. The molecule has 1 rings (SSSR count). The van der Waals surface area contributed by atoms with Crippen molar-refractivity contribution < 1.29 is 18.3 Å². The van der Waals surface area contributed by atoms with Crippen molar-refractivity contribution in [2.75, 3.05) is 12.8 Å². The molecule has 0 atom stereocenters. The van der Waals surface area contributed by atoms with Crippen LogP contribution < -0.4 is 4.72 Å². The van der Waals surface area contributed by atoms with Crippen molar-refractivity contribution in [2.45, 2.75) is 23.5 Å². The van der Waals surface area contributed by atoms with Gasteiger partial charge in [0.15, 0.2) is 0 Å². The van der Waals surface area contributed by atoms with Crippen LogP contribution in [0.15, 0.2) is 27.6 Å². The third-order valence-corrected chi connectivity index (χ3v) is 6.35. The van der Waals surface area contributed by atoms with E-state index in [1.165, 1.54) is 12.1 Å². The van der Waals surface area contributed by atoms with Gasteiger partial charge in [-0.1, -0.05) is 0 Å². The topological polar surface area (TPSA) is 83.5 Å². The van der Waals surface area contributed by atoms with Crippen molar-refractivity contribution in [1.82, 2.24) is 4.72 Å². The highest BCUT2D eigenvalue weighted by Crippen LogP contribution is 2.25. The van der Waals surface area contributed by atoms with Gasteiger partial charge in [0, 0.05) is 15.8 Å². The number of nitrogens with one attached hydrogen (secondary N) is 1. The van der Waals surface area contributed by atoms with Crippen molar-refractivity contribution in [1.29, 1.82) is 0 Å². The molecule has 0 radical (unpaired) electrons. The van der Waals surface area contributed by atoms with Gasteiger partial charge in [-0.2, -0.15) is 11.8 Å². The summed E-state index contributed by atoms with van der Waals surface area (Å²) in [6, 6.07) is 3.90. The maximum atomic E-state index is 12.2. The number of halogens is 1. The van der Waals surface area contributed by atoms with Gasteiger partial charge in [0.2, 0.25) is 10.0 Å². The maximum absolute atomic E-state index is 12.2. The summed E-state index contributed by atoms with van der Waals surface area (Å²) in [5, 5.41) is 8.93. The average molecular weight is 382 g/mol. The zero-order valence-electron chi connectivity index (χ0n) is 11.3. The normalized spacial score (nSPS) is 12.4. The number of carbonyl (C=O) groups is 1. The van der Waals surface area contributed by atoms with Crippen molar-refractivity contribution >= 4 is 43.7 Å². The molecule has 0 amide bonds. The highest BCUT2D eigenvalue weighted by molar-refractivity contribution is 9.10. The van der Waals surface area contributed by atoms with Crippen LogP contribution in [0.1, 0.15) is 24.2 Å². The number of rotatable bonds is 6. The highest BCUT2D eigenvalue weighted by atomic mass is 79.9. The first-order valence-electron chi connectivity index (χ1n) is 5.67. The van der Waals surface area contributed by atoms with Crippen LogP contribution in [-0.2, 0) is 10.0 Å². The van der Waals surface area contributed by atoms with Gasteiger partial charge in [-0.25, -0.2) is 17.9 Å². The molecule has 112 valence electrons. The summed E-state index contributed by atoms with van der Waals surface area (Å²) in [6.45, 7) is 4.09. The maximum Gasteiger partial charge on any atom is 0.335 e. The monoisotopic (exact) mass is 381 g/mol. The van der Waals surface area contributed by atoms with Crippen LogP contribution in [-0.4, -0.2) is 37.0 Å². The van der Waals surface area contributed by atoms with E-state index in [9.17, 15) is 13.2 Å². The summed E-state index contributed by atoms with van der Waals surface area (Å²) in [7, 11) is -3.76. The third kappa shape index (κ3) is 4.47. The minimum absolute atomic E-state index is 0.0716. The first kappa shape index (κ1) is 17.5. The van der Waals surface area contributed by atoms with Gasteiger partial charge in [-0.05, 0) is 54.2 Å². The molecule has 0 fully saturated rings. The molecule has 5 nitrogen and oxygen atoms in total. The molecule has 0 aliphatic carbocycles. The van der Waals surface area contributed by atoms with E-state index in [1.807, 2.05) is 20.1 Å².